The van der Waals surface area contributed by atoms with Gasteiger partial charge in [0.2, 0.25) is 5.91 Å². The Morgan fingerprint density at radius 1 is 1.37 bits per heavy atom. The molecule has 0 spiro atoms. The van der Waals surface area contributed by atoms with E-state index in [0.29, 0.717) is 5.56 Å². The summed E-state index contributed by atoms with van der Waals surface area (Å²) in [5.74, 6) is -2.97. The van der Waals surface area contributed by atoms with Crippen molar-refractivity contribution in [1.29, 1.82) is 0 Å². The monoisotopic (exact) mass is 266 g/mol. The van der Waals surface area contributed by atoms with Gasteiger partial charge >= 0.3 is 5.97 Å². The number of aliphatic carboxylic acids is 1. The number of aromatic hydroxyl groups is 1. The van der Waals surface area contributed by atoms with Crippen molar-refractivity contribution in [2.45, 2.75) is 19.4 Å². The van der Waals surface area contributed by atoms with E-state index in [0.717, 1.165) is 0 Å². The first-order valence-electron chi connectivity index (χ1n) is 5.43. The van der Waals surface area contributed by atoms with E-state index in [1.807, 2.05) is 0 Å². The van der Waals surface area contributed by atoms with E-state index in [2.05, 4.69) is 5.32 Å². The fourth-order valence-electron chi connectivity index (χ4n) is 1.39. The molecule has 0 saturated carbocycles. The quantitative estimate of drug-likeness (QED) is 0.584. The number of benzene rings is 1. The normalized spacial score (nSPS) is 11.6. The Bertz CT molecular complexity index is 527. The van der Waals surface area contributed by atoms with Crippen molar-refractivity contribution in [3.8, 4) is 5.75 Å². The number of amides is 2. The fraction of sp³-hybridized carbons (Fsp3) is 0.250. The lowest BCUT2D eigenvalue weighted by Gasteiger charge is -2.13. The summed E-state index contributed by atoms with van der Waals surface area (Å²) in [6, 6.07) is 2.78. The van der Waals surface area contributed by atoms with Crippen LogP contribution >= 0.6 is 0 Å². The highest BCUT2D eigenvalue weighted by Gasteiger charge is 2.22. The highest BCUT2D eigenvalue weighted by atomic mass is 16.4. The molecular weight excluding hydrogens is 252 g/mol. The minimum absolute atomic E-state index is 0.0746. The second-order valence-electron chi connectivity index (χ2n) is 4.04. The van der Waals surface area contributed by atoms with Gasteiger partial charge in [0.25, 0.3) is 5.91 Å². The number of carbonyl (C=O) groups excluding carboxylic acids is 2. The van der Waals surface area contributed by atoms with Crippen molar-refractivity contribution >= 4 is 17.8 Å². The topological polar surface area (TPSA) is 130 Å². The summed E-state index contributed by atoms with van der Waals surface area (Å²) in [5, 5.41) is 20.5. The predicted octanol–water partition coefficient (Wildman–Crippen LogP) is -0.241. The summed E-state index contributed by atoms with van der Waals surface area (Å²) in [5.41, 5.74) is 5.58. The first-order chi connectivity index (χ1) is 8.81. The molecule has 0 aromatic heterocycles. The van der Waals surface area contributed by atoms with E-state index in [9.17, 15) is 19.5 Å². The van der Waals surface area contributed by atoms with Crippen LogP contribution in [0.3, 0.4) is 0 Å². The van der Waals surface area contributed by atoms with Gasteiger partial charge in [0.1, 0.15) is 11.8 Å². The lowest BCUT2D eigenvalue weighted by atomic mass is 10.1. The van der Waals surface area contributed by atoms with E-state index in [-0.39, 0.29) is 11.3 Å². The van der Waals surface area contributed by atoms with E-state index in [1.54, 1.807) is 6.92 Å². The molecule has 5 N–H and O–H groups in total. The lowest BCUT2D eigenvalue weighted by molar-refractivity contribution is -0.140. The zero-order valence-corrected chi connectivity index (χ0v) is 10.2. The first kappa shape index (κ1) is 14.5. The molecule has 1 rings (SSSR count). The van der Waals surface area contributed by atoms with E-state index in [1.165, 1.54) is 18.2 Å². The van der Waals surface area contributed by atoms with Crippen molar-refractivity contribution < 1.29 is 24.6 Å². The molecule has 0 aliphatic rings. The van der Waals surface area contributed by atoms with Gasteiger partial charge < -0.3 is 21.3 Å². The zero-order chi connectivity index (χ0) is 14.6. The van der Waals surface area contributed by atoms with Crippen LogP contribution in [0.2, 0.25) is 0 Å². The average molecular weight is 266 g/mol. The van der Waals surface area contributed by atoms with Gasteiger partial charge in [0.05, 0.1) is 6.42 Å². The molecule has 0 saturated heterocycles. The smallest absolute Gasteiger partial charge is 0.326 e. The summed E-state index contributed by atoms with van der Waals surface area (Å²) in [7, 11) is 0. The lowest BCUT2D eigenvalue weighted by Crippen LogP contribution is -2.43. The summed E-state index contributed by atoms with van der Waals surface area (Å²) < 4.78 is 0. The van der Waals surface area contributed by atoms with Gasteiger partial charge in [-0.2, -0.15) is 0 Å². The number of phenols is 1. The minimum Gasteiger partial charge on any atom is -0.508 e. The number of carboxylic acid groups (broad SMARTS) is 1. The van der Waals surface area contributed by atoms with Gasteiger partial charge in [-0.25, -0.2) is 4.79 Å². The van der Waals surface area contributed by atoms with Gasteiger partial charge in [-0.05, 0) is 24.6 Å². The zero-order valence-electron chi connectivity index (χ0n) is 10.2. The molecule has 1 atom stereocenters. The summed E-state index contributed by atoms with van der Waals surface area (Å²) in [6.45, 7) is 1.66. The number of carbonyl (C=O) groups is 3. The molecule has 19 heavy (non-hydrogen) atoms. The van der Waals surface area contributed by atoms with Crippen LogP contribution in [0.25, 0.3) is 0 Å². The Morgan fingerprint density at radius 3 is 2.47 bits per heavy atom. The molecule has 1 aromatic rings. The second-order valence-corrected chi connectivity index (χ2v) is 4.04. The molecule has 0 heterocycles. The first-order valence-corrected chi connectivity index (χ1v) is 5.43. The van der Waals surface area contributed by atoms with Gasteiger partial charge in [0.15, 0.2) is 0 Å². The van der Waals surface area contributed by atoms with Crippen LogP contribution in [0, 0.1) is 6.92 Å². The molecule has 102 valence electrons. The van der Waals surface area contributed by atoms with Crippen LogP contribution < -0.4 is 11.1 Å². The number of rotatable bonds is 5. The molecule has 2 amide bonds. The Hall–Kier alpha value is -2.57. The van der Waals surface area contributed by atoms with Crippen LogP contribution in [0.15, 0.2) is 18.2 Å². The maximum Gasteiger partial charge on any atom is 0.326 e. The van der Waals surface area contributed by atoms with Crippen LogP contribution in [-0.2, 0) is 9.59 Å². The molecule has 0 unspecified atom stereocenters. The van der Waals surface area contributed by atoms with Crippen molar-refractivity contribution in [1.82, 2.24) is 5.32 Å². The highest BCUT2D eigenvalue weighted by molar-refractivity contribution is 5.97. The number of phenolic OH excluding ortho intramolecular Hbond substituents is 1. The number of nitrogens with one attached hydrogen (secondary N) is 1. The average Bonchev–Trinajstić information content (AvgIpc) is 2.31. The Balaban J connectivity index is 2.84. The molecule has 0 fully saturated rings. The molecule has 0 aliphatic carbocycles. The number of nitrogens with two attached hydrogens (primary N) is 1. The van der Waals surface area contributed by atoms with E-state index in [4.69, 9.17) is 10.8 Å². The van der Waals surface area contributed by atoms with Crippen LogP contribution in [-0.4, -0.2) is 34.0 Å². The number of hydrogen-bond donors (Lipinski definition) is 4. The van der Waals surface area contributed by atoms with Gasteiger partial charge in [-0.1, -0.05) is 6.07 Å². The van der Waals surface area contributed by atoms with Crippen LogP contribution in [0.1, 0.15) is 22.3 Å². The van der Waals surface area contributed by atoms with Gasteiger partial charge in [0, 0.05) is 5.56 Å². The van der Waals surface area contributed by atoms with Crippen molar-refractivity contribution in [3.05, 3.63) is 29.3 Å². The van der Waals surface area contributed by atoms with Crippen molar-refractivity contribution in [3.63, 3.8) is 0 Å². The van der Waals surface area contributed by atoms with E-state index >= 15 is 0 Å². The molecule has 0 radical (unpaired) electrons. The molecule has 0 aliphatic heterocycles. The molecular formula is C12H14N2O5. The second kappa shape index (κ2) is 5.85. The SMILES string of the molecule is Cc1ccc(C(=O)N[C@@H](CC(N)=O)C(=O)O)cc1O. The highest BCUT2D eigenvalue weighted by Crippen LogP contribution is 2.17. The summed E-state index contributed by atoms with van der Waals surface area (Å²) in [6.07, 6.45) is -0.501. The third kappa shape index (κ3) is 3.98. The third-order valence-electron chi connectivity index (χ3n) is 2.48. The minimum atomic E-state index is -1.39. The molecule has 0 bridgehead atoms. The van der Waals surface area contributed by atoms with Crippen LogP contribution in [0.4, 0.5) is 0 Å². The largest absolute Gasteiger partial charge is 0.508 e. The summed E-state index contributed by atoms with van der Waals surface area (Å²) in [4.78, 5) is 33.3. The predicted molar refractivity (Wildman–Crippen MR) is 65.5 cm³/mol. The van der Waals surface area contributed by atoms with Gasteiger partial charge in [-0.15, -0.1) is 0 Å². The molecule has 1 aromatic carbocycles. The Kier molecular flexibility index (Phi) is 4.46. The number of aryl methyl sites for hydroxylation is 1. The van der Waals surface area contributed by atoms with E-state index < -0.39 is 30.2 Å². The Labute approximate surface area is 109 Å². The standard InChI is InChI=1S/C12H14N2O5/c1-6-2-3-7(4-9(6)15)11(17)14-8(12(18)19)5-10(13)16/h2-4,8,15H,5H2,1H3,(H2,13,16)(H,14,17)(H,18,19)/t8-/m0/s1. The third-order valence-corrected chi connectivity index (χ3v) is 2.48. The number of hydrogen-bond acceptors (Lipinski definition) is 4. The van der Waals surface area contributed by atoms with Crippen LogP contribution in [0.5, 0.6) is 5.75 Å². The number of primary amides is 1. The molecule has 7 heteroatoms. The number of carboxylic acids is 1. The molecule has 7 nitrogen and oxygen atoms in total. The maximum atomic E-state index is 11.8. The maximum absolute atomic E-state index is 11.8. The van der Waals surface area contributed by atoms with Gasteiger partial charge in [-0.3, -0.25) is 9.59 Å². The fourth-order valence-corrected chi connectivity index (χ4v) is 1.39. The summed E-state index contributed by atoms with van der Waals surface area (Å²) >= 11 is 0. The van der Waals surface area contributed by atoms with Crippen molar-refractivity contribution in [2.24, 2.45) is 5.73 Å². The van der Waals surface area contributed by atoms with Crippen molar-refractivity contribution in [2.75, 3.05) is 0 Å². The Morgan fingerprint density at radius 2 is 2.00 bits per heavy atom.